The summed E-state index contributed by atoms with van der Waals surface area (Å²) in [5.74, 6) is 2.15. The van der Waals surface area contributed by atoms with Crippen molar-refractivity contribution >= 4 is 18.3 Å². The van der Waals surface area contributed by atoms with Gasteiger partial charge in [-0.05, 0) is 44.5 Å². The summed E-state index contributed by atoms with van der Waals surface area (Å²) in [5, 5.41) is 3.31. The molecule has 0 atom stereocenters. The molecule has 0 saturated carbocycles. The molecule has 0 spiro atoms. The van der Waals surface area contributed by atoms with E-state index < -0.39 is 5.63 Å². The Morgan fingerprint density at radius 3 is 2.57 bits per heavy atom. The van der Waals surface area contributed by atoms with Crippen molar-refractivity contribution in [2.45, 2.75) is 64.8 Å². The maximum atomic E-state index is 13.1. The van der Waals surface area contributed by atoms with Crippen molar-refractivity contribution in [3.8, 4) is 0 Å². The van der Waals surface area contributed by atoms with Gasteiger partial charge < -0.3 is 19.1 Å². The average molecular weight is 436 g/mol. The molecule has 164 valence electrons. The molecule has 0 radical (unpaired) electrons. The fraction of sp³-hybridized carbons (Fsp3) is 0.591. The number of fused-ring (bicyclic) bond motifs is 1. The van der Waals surface area contributed by atoms with Crippen LogP contribution in [0.5, 0.6) is 0 Å². The minimum atomic E-state index is -0.537. The highest BCUT2D eigenvalue weighted by Gasteiger charge is 2.31. The molecule has 30 heavy (non-hydrogen) atoms. The van der Waals surface area contributed by atoms with Crippen LogP contribution in [0, 0.1) is 6.92 Å². The summed E-state index contributed by atoms with van der Waals surface area (Å²) >= 11 is 0. The lowest BCUT2D eigenvalue weighted by Gasteiger charge is -2.26. The van der Waals surface area contributed by atoms with Crippen LogP contribution < -0.4 is 10.9 Å². The molecule has 0 bridgehead atoms. The summed E-state index contributed by atoms with van der Waals surface area (Å²) in [7, 11) is 0. The first-order valence-corrected chi connectivity index (χ1v) is 10.4. The van der Waals surface area contributed by atoms with E-state index in [-0.39, 0.29) is 35.2 Å². The van der Waals surface area contributed by atoms with E-state index in [1.807, 2.05) is 33.8 Å². The molecule has 2 aromatic rings. The summed E-state index contributed by atoms with van der Waals surface area (Å²) < 4.78 is 11.5. The highest BCUT2D eigenvalue weighted by molar-refractivity contribution is 5.95. The van der Waals surface area contributed by atoms with Gasteiger partial charge in [-0.2, -0.15) is 0 Å². The van der Waals surface area contributed by atoms with Crippen molar-refractivity contribution in [3.63, 3.8) is 0 Å². The maximum absolute atomic E-state index is 13.1. The Hall–Kier alpha value is -2.12. The monoisotopic (exact) mass is 435 g/mol. The van der Waals surface area contributed by atoms with Crippen molar-refractivity contribution < 1.29 is 13.6 Å². The van der Waals surface area contributed by atoms with E-state index in [0.29, 0.717) is 36.7 Å². The predicted molar refractivity (Wildman–Crippen MR) is 115 cm³/mol. The van der Waals surface area contributed by atoms with Crippen molar-refractivity contribution in [3.05, 3.63) is 50.7 Å². The van der Waals surface area contributed by atoms with Crippen molar-refractivity contribution in [1.82, 2.24) is 15.2 Å². The van der Waals surface area contributed by atoms with Gasteiger partial charge in [0, 0.05) is 24.3 Å². The fourth-order valence-electron chi connectivity index (χ4n) is 4.05. The molecular formula is C22H30ClN3O4. The quantitative estimate of drug-likeness (QED) is 0.778. The van der Waals surface area contributed by atoms with Gasteiger partial charge in [-0.3, -0.25) is 4.79 Å². The number of aryl methyl sites for hydroxylation is 1. The average Bonchev–Trinajstić information content (AvgIpc) is 3.12. The van der Waals surface area contributed by atoms with Crippen molar-refractivity contribution in [2.75, 3.05) is 19.6 Å². The summed E-state index contributed by atoms with van der Waals surface area (Å²) in [5.41, 5.74) is 0.869. The van der Waals surface area contributed by atoms with Crippen molar-refractivity contribution in [1.29, 1.82) is 0 Å². The van der Waals surface area contributed by atoms with Gasteiger partial charge in [0.25, 0.3) is 5.91 Å². The second-order valence-electron chi connectivity index (χ2n) is 9.13. The molecule has 7 nitrogen and oxygen atoms in total. The SMILES string of the molecule is Cc1cc(C2CCNCC2)oc(=O)c1C(=O)N1CCc2oc(C(C)(C)C)nc2C1.Cl. The number of amides is 1. The van der Waals surface area contributed by atoms with Gasteiger partial charge in [0.2, 0.25) is 0 Å². The lowest BCUT2D eigenvalue weighted by atomic mass is 9.94. The van der Waals surface area contributed by atoms with Crippen LogP contribution in [-0.2, 0) is 18.4 Å². The van der Waals surface area contributed by atoms with Crippen LogP contribution in [0.4, 0.5) is 0 Å². The minimum Gasteiger partial charge on any atom is -0.445 e. The Morgan fingerprint density at radius 2 is 1.93 bits per heavy atom. The molecule has 1 N–H and O–H groups in total. The van der Waals surface area contributed by atoms with E-state index >= 15 is 0 Å². The number of carbonyl (C=O) groups excluding carboxylic acids is 1. The Morgan fingerprint density at radius 1 is 1.23 bits per heavy atom. The van der Waals surface area contributed by atoms with Gasteiger partial charge in [0.15, 0.2) is 5.89 Å². The van der Waals surface area contributed by atoms with Crippen LogP contribution in [0.15, 0.2) is 19.7 Å². The number of rotatable bonds is 2. The molecule has 8 heteroatoms. The number of aromatic nitrogens is 1. The van der Waals surface area contributed by atoms with Crippen molar-refractivity contribution in [2.24, 2.45) is 0 Å². The molecule has 1 saturated heterocycles. The smallest absolute Gasteiger partial charge is 0.349 e. The first-order valence-electron chi connectivity index (χ1n) is 10.4. The molecule has 2 aliphatic rings. The Bertz CT molecular complexity index is 983. The van der Waals surface area contributed by atoms with Gasteiger partial charge in [-0.1, -0.05) is 20.8 Å². The molecule has 4 rings (SSSR count). The summed E-state index contributed by atoms with van der Waals surface area (Å²) in [6.07, 6.45) is 2.47. The molecule has 1 amide bonds. The number of nitrogens with one attached hydrogen (secondary N) is 1. The number of oxazole rings is 1. The third kappa shape index (κ3) is 4.32. The lowest BCUT2D eigenvalue weighted by Crippen LogP contribution is -2.38. The number of hydrogen-bond donors (Lipinski definition) is 1. The Balaban J connectivity index is 0.00000256. The standard InChI is InChI=1S/C22H29N3O4.ClH/c1-13-11-17(14-5-8-23-9-6-14)28-20(27)18(13)19(26)25-10-7-16-15(12-25)24-21(29-16)22(2,3)4;/h11,14,23H,5-10,12H2,1-4H3;1H. The van der Waals surface area contributed by atoms with E-state index in [9.17, 15) is 9.59 Å². The third-order valence-corrected chi connectivity index (χ3v) is 5.78. The first kappa shape index (κ1) is 22.6. The minimum absolute atomic E-state index is 0. The van der Waals surface area contributed by atoms with E-state index in [2.05, 4.69) is 10.3 Å². The highest BCUT2D eigenvalue weighted by Crippen LogP contribution is 2.29. The number of piperidine rings is 1. The van der Waals surface area contributed by atoms with Gasteiger partial charge in [-0.15, -0.1) is 12.4 Å². The largest absolute Gasteiger partial charge is 0.445 e. The summed E-state index contributed by atoms with van der Waals surface area (Å²) in [6.45, 7) is 10.6. The van der Waals surface area contributed by atoms with Crippen LogP contribution in [0.25, 0.3) is 0 Å². The van der Waals surface area contributed by atoms with E-state index in [4.69, 9.17) is 8.83 Å². The Labute approximate surface area is 182 Å². The third-order valence-electron chi connectivity index (χ3n) is 5.78. The zero-order chi connectivity index (χ0) is 20.8. The van der Waals surface area contributed by atoms with Gasteiger partial charge in [-0.25, -0.2) is 9.78 Å². The molecule has 2 aliphatic heterocycles. The molecule has 4 heterocycles. The zero-order valence-corrected chi connectivity index (χ0v) is 18.9. The maximum Gasteiger partial charge on any atom is 0.349 e. The molecule has 0 aromatic carbocycles. The Kier molecular flexibility index (Phi) is 6.43. The van der Waals surface area contributed by atoms with Crippen LogP contribution >= 0.6 is 12.4 Å². The molecule has 0 aliphatic carbocycles. The van der Waals surface area contributed by atoms with Gasteiger partial charge in [0.05, 0.1) is 6.54 Å². The number of nitrogens with zero attached hydrogens (tertiary/aromatic N) is 2. The van der Waals surface area contributed by atoms with Crippen LogP contribution in [0.2, 0.25) is 0 Å². The van der Waals surface area contributed by atoms with E-state index in [1.165, 1.54) is 0 Å². The second-order valence-corrected chi connectivity index (χ2v) is 9.13. The molecular weight excluding hydrogens is 406 g/mol. The van der Waals surface area contributed by atoms with Crippen LogP contribution in [0.1, 0.15) is 78.6 Å². The van der Waals surface area contributed by atoms with Crippen LogP contribution in [0.3, 0.4) is 0 Å². The molecule has 1 fully saturated rings. The number of hydrogen-bond acceptors (Lipinski definition) is 6. The molecule has 0 unspecified atom stereocenters. The normalized spacial score (nSPS) is 17.4. The van der Waals surface area contributed by atoms with Gasteiger partial charge in [0.1, 0.15) is 22.8 Å². The van der Waals surface area contributed by atoms with Crippen LogP contribution in [-0.4, -0.2) is 35.4 Å². The van der Waals surface area contributed by atoms with Gasteiger partial charge >= 0.3 is 5.63 Å². The zero-order valence-electron chi connectivity index (χ0n) is 18.0. The topological polar surface area (TPSA) is 88.6 Å². The number of halogens is 1. The lowest BCUT2D eigenvalue weighted by molar-refractivity contribution is 0.0721. The fourth-order valence-corrected chi connectivity index (χ4v) is 4.05. The highest BCUT2D eigenvalue weighted by atomic mass is 35.5. The molecule has 2 aromatic heterocycles. The first-order chi connectivity index (χ1) is 13.7. The predicted octanol–water partition coefficient (Wildman–Crippen LogP) is 3.32. The van der Waals surface area contributed by atoms with E-state index in [1.54, 1.807) is 4.90 Å². The van der Waals surface area contributed by atoms with E-state index in [0.717, 1.165) is 37.4 Å². The second kappa shape index (κ2) is 8.55. The summed E-state index contributed by atoms with van der Waals surface area (Å²) in [4.78, 5) is 32.1. The number of carbonyl (C=O) groups is 1. The summed E-state index contributed by atoms with van der Waals surface area (Å²) in [6, 6.07) is 1.87.